The average molecular weight is 334 g/mol. The van der Waals surface area contributed by atoms with Gasteiger partial charge in [-0.3, -0.25) is 4.79 Å². The van der Waals surface area contributed by atoms with E-state index in [0.717, 1.165) is 0 Å². The van der Waals surface area contributed by atoms with Crippen LogP contribution in [0.1, 0.15) is 30.1 Å². The first-order valence-electron chi connectivity index (χ1n) is 7.50. The molecule has 0 aromatic heterocycles. The van der Waals surface area contributed by atoms with Crippen molar-refractivity contribution in [3.63, 3.8) is 0 Å². The predicted molar refractivity (Wildman–Crippen MR) is 86.7 cm³/mol. The van der Waals surface area contributed by atoms with Crippen LogP contribution in [0.2, 0.25) is 5.02 Å². The Balaban J connectivity index is 1.66. The van der Waals surface area contributed by atoms with Crippen molar-refractivity contribution < 1.29 is 14.3 Å². The summed E-state index contributed by atoms with van der Waals surface area (Å²) in [4.78, 5) is 12.5. The molecule has 3 rings (SSSR count). The molecule has 2 aromatic carbocycles. The summed E-state index contributed by atoms with van der Waals surface area (Å²) in [5, 5.41) is 13.5. The molecule has 0 aliphatic heterocycles. The van der Waals surface area contributed by atoms with Gasteiger partial charge in [0.25, 0.3) is 0 Å². The fourth-order valence-electron chi connectivity index (χ4n) is 2.75. The van der Waals surface area contributed by atoms with Gasteiger partial charge < -0.3 is 10.4 Å². The van der Waals surface area contributed by atoms with E-state index < -0.39 is 11.5 Å². The summed E-state index contributed by atoms with van der Waals surface area (Å²) in [7, 11) is 0. The molecule has 0 heterocycles. The second-order valence-corrected chi connectivity index (χ2v) is 6.28. The third-order valence-corrected chi connectivity index (χ3v) is 4.54. The van der Waals surface area contributed by atoms with Gasteiger partial charge in [-0.05, 0) is 36.6 Å². The molecule has 5 heteroatoms. The van der Waals surface area contributed by atoms with Crippen LogP contribution in [0.3, 0.4) is 0 Å². The molecule has 0 saturated heterocycles. The number of carbonyl (C=O) groups is 1. The number of rotatable bonds is 5. The Morgan fingerprint density at radius 1 is 1.22 bits per heavy atom. The van der Waals surface area contributed by atoms with Crippen molar-refractivity contribution in [1.29, 1.82) is 0 Å². The van der Waals surface area contributed by atoms with E-state index in [1.807, 2.05) is 0 Å². The number of hydrogen-bond acceptors (Lipinski definition) is 2. The molecule has 23 heavy (non-hydrogen) atoms. The lowest BCUT2D eigenvalue weighted by Crippen LogP contribution is -2.37. The Morgan fingerprint density at radius 3 is 2.48 bits per heavy atom. The van der Waals surface area contributed by atoms with E-state index in [9.17, 15) is 14.3 Å². The number of carbonyl (C=O) groups excluding carboxylic acids is 1. The summed E-state index contributed by atoms with van der Waals surface area (Å²) in [5.41, 5.74) is 0.314. The van der Waals surface area contributed by atoms with Gasteiger partial charge in [-0.15, -0.1) is 0 Å². The number of benzene rings is 2. The van der Waals surface area contributed by atoms with Crippen molar-refractivity contribution in [3.8, 4) is 0 Å². The maximum Gasteiger partial charge on any atom is 0.230 e. The van der Waals surface area contributed by atoms with E-state index in [-0.39, 0.29) is 18.3 Å². The zero-order valence-corrected chi connectivity index (χ0v) is 13.2. The molecule has 0 radical (unpaired) electrons. The van der Waals surface area contributed by atoms with E-state index in [1.165, 1.54) is 6.07 Å². The summed E-state index contributed by atoms with van der Waals surface area (Å²) in [6, 6.07) is 13.1. The Kier molecular flexibility index (Phi) is 4.37. The predicted octanol–water partition coefficient (Wildman–Crippen LogP) is 3.36. The third-order valence-electron chi connectivity index (χ3n) is 4.28. The lowest BCUT2D eigenvalue weighted by atomic mass is 9.94. The SMILES string of the molecule is O=C(NCC(O)c1ccc(Cl)cc1)C1(c2ccccc2F)CC1. The van der Waals surface area contributed by atoms with Crippen molar-refractivity contribution in [2.75, 3.05) is 6.54 Å². The van der Waals surface area contributed by atoms with Crippen LogP contribution in [-0.4, -0.2) is 17.6 Å². The molecule has 1 saturated carbocycles. The quantitative estimate of drug-likeness (QED) is 0.881. The Bertz CT molecular complexity index is 713. The molecule has 0 bridgehead atoms. The lowest BCUT2D eigenvalue weighted by molar-refractivity contribution is -0.124. The maximum absolute atomic E-state index is 13.9. The van der Waals surface area contributed by atoms with Crippen LogP contribution in [0.25, 0.3) is 0 Å². The van der Waals surface area contributed by atoms with Gasteiger partial charge in [0.2, 0.25) is 5.91 Å². The van der Waals surface area contributed by atoms with Crippen molar-refractivity contribution in [2.45, 2.75) is 24.4 Å². The van der Waals surface area contributed by atoms with Gasteiger partial charge in [0, 0.05) is 17.1 Å². The average Bonchev–Trinajstić information content (AvgIpc) is 3.35. The molecule has 1 aliphatic rings. The first-order chi connectivity index (χ1) is 11.0. The summed E-state index contributed by atoms with van der Waals surface area (Å²) in [6.45, 7) is 0.0800. The molecule has 1 atom stereocenters. The van der Waals surface area contributed by atoms with Gasteiger partial charge in [-0.1, -0.05) is 41.9 Å². The van der Waals surface area contributed by atoms with Crippen LogP contribution in [0.4, 0.5) is 4.39 Å². The van der Waals surface area contributed by atoms with Crippen molar-refractivity contribution in [2.24, 2.45) is 0 Å². The number of nitrogens with one attached hydrogen (secondary N) is 1. The highest BCUT2D eigenvalue weighted by molar-refractivity contribution is 6.30. The smallest absolute Gasteiger partial charge is 0.230 e. The van der Waals surface area contributed by atoms with Crippen LogP contribution >= 0.6 is 11.6 Å². The van der Waals surface area contributed by atoms with Crippen molar-refractivity contribution in [1.82, 2.24) is 5.32 Å². The molecule has 1 fully saturated rings. The standard InChI is InChI=1S/C18H17ClFNO2/c19-13-7-5-12(6-8-13)16(22)11-21-17(23)18(9-10-18)14-3-1-2-4-15(14)20/h1-8,16,22H,9-11H2,(H,21,23). The highest BCUT2D eigenvalue weighted by atomic mass is 35.5. The van der Waals surface area contributed by atoms with E-state index in [2.05, 4.69) is 5.32 Å². The summed E-state index contributed by atoms with van der Waals surface area (Å²) < 4.78 is 13.9. The van der Waals surface area contributed by atoms with E-state index in [0.29, 0.717) is 29.0 Å². The molecular formula is C18H17ClFNO2. The van der Waals surface area contributed by atoms with E-state index >= 15 is 0 Å². The van der Waals surface area contributed by atoms with Gasteiger partial charge in [0.1, 0.15) is 5.82 Å². The number of aliphatic hydroxyl groups is 1. The molecule has 120 valence electrons. The van der Waals surface area contributed by atoms with Crippen LogP contribution < -0.4 is 5.32 Å². The van der Waals surface area contributed by atoms with Gasteiger partial charge in [-0.25, -0.2) is 4.39 Å². The van der Waals surface area contributed by atoms with Crippen LogP contribution in [0.5, 0.6) is 0 Å². The molecule has 0 spiro atoms. The van der Waals surface area contributed by atoms with Crippen LogP contribution in [-0.2, 0) is 10.2 Å². The van der Waals surface area contributed by atoms with E-state index in [4.69, 9.17) is 11.6 Å². The number of halogens is 2. The third kappa shape index (κ3) is 3.23. The fraction of sp³-hybridized carbons (Fsp3) is 0.278. The first-order valence-corrected chi connectivity index (χ1v) is 7.87. The minimum Gasteiger partial charge on any atom is -0.387 e. The molecule has 3 nitrogen and oxygen atoms in total. The number of hydrogen-bond donors (Lipinski definition) is 2. The largest absolute Gasteiger partial charge is 0.387 e. The minimum absolute atomic E-state index is 0.0800. The van der Waals surface area contributed by atoms with Crippen LogP contribution in [0.15, 0.2) is 48.5 Å². The molecule has 1 amide bonds. The second-order valence-electron chi connectivity index (χ2n) is 5.84. The summed E-state index contributed by atoms with van der Waals surface area (Å²) in [6.07, 6.45) is 0.417. The zero-order chi connectivity index (χ0) is 16.4. The van der Waals surface area contributed by atoms with Crippen molar-refractivity contribution >= 4 is 17.5 Å². The Hall–Kier alpha value is -1.91. The monoisotopic (exact) mass is 333 g/mol. The fourth-order valence-corrected chi connectivity index (χ4v) is 2.88. The summed E-state index contributed by atoms with van der Waals surface area (Å²) >= 11 is 5.81. The molecule has 2 N–H and O–H groups in total. The highest BCUT2D eigenvalue weighted by Crippen LogP contribution is 2.49. The first kappa shape index (κ1) is 16.0. The molecule has 1 aliphatic carbocycles. The highest BCUT2D eigenvalue weighted by Gasteiger charge is 2.52. The lowest BCUT2D eigenvalue weighted by Gasteiger charge is -2.18. The van der Waals surface area contributed by atoms with Gasteiger partial charge in [-0.2, -0.15) is 0 Å². The number of amides is 1. The van der Waals surface area contributed by atoms with Crippen molar-refractivity contribution in [3.05, 3.63) is 70.5 Å². The Labute approximate surface area is 139 Å². The minimum atomic E-state index is -0.826. The topological polar surface area (TPSA) is 49.3 Å². The Morgan fingerprint density at radius 2 is 1.87 bits per heavy atom. The number of aliphatic hydroxyl groups excluding tert-OH is 1. The van der Waals surface area contributed by atoms with Gasteiger partial charge in [0.05, 0.1) is 11.5 Å². The van der Waals surface area contributed by atoms with Gasteiger partial charge >= 0.3 is 0 Å². The molecular weight excluding hydrogens is 317 g/mol. The normalized spacial score (nSPS) is 16.7. The van der Waals surface area contributed by atoms with E-state index in [1.54, 1.807) is 42.5 Å². The maximum atomic E-state index is 13.9. The second kappa shape index (κ2) is 6.30. The summed E-state index contributed by atoms with van der Waals surface area (Å²) in [5.74, 6) is -0.603. The molecule has 1 unspecified atom stereocenters. The van der Waals surface area contributed by atoms with Crippen LogP contribution in [0, 0.1) is 5.82 Å². The zero-order valence-electron chi connectivity index (χ0n) is 12.4. The van der Waals surface area contributed by atoms with Gasteiger partial charge in [0.15, 0.2) is 0 Å². The molecule has 2 aromatic rings.